The lowest BCUT2D eigenvalue weighted by molar-refractivity contribution is -0.130. The van der Waals surface area contributed by atoms with Gasteiger partial charge in [-0.3, -0.25) is 9.59 Å². The zero-order chi connectivity index (χ0) is 12.8. The van der Waals surface area contributed by atoms with Crippen LogP contribution in [0.1, 0.15) is 26.7 Å². The fourth-order valence-electron chi connectivity index (χ4n) is 2.08. The van der Waals surface area contributed by atoms with Gasteiger partial charge in [-0.05, 0) is 19.9 Å². The van der Waals surface area contributed by atoms with E-state index in [1.807, 2.05) is 18.9 Å². The van der Waals surface area contributed by atoms with Crippen molar-refractivity contribution in [2.75, 3.05) is 26.7 Å². The third kappa shape index (κ3) is 4.34. The average Bonchev–Trinajstić information content (AvgIpc) is 2.30. The SMILES string of the molecule is CNCC(C)C(=O)NC1CCN(C(C)=O)CC1. The molecule has 0 bridgehead atoms. The minimum absolute atomic E-state index is 0.00848. The van der Waals surface area contributed by atoms with Gasteiger partial charge in [-0.1, -0.05) is 6.92 Å². The van der Waals surface area contributed by atoms with E-state index < -0.39 is 0 Å². The van der Waals surface area contributed by atoms with Gasteiger partial charge in [0.25, 0.3) is 0 Å². The van der Waals surface area contributed by atoms with Gasteiger partial charge in [0.1, 0.15) is 0 Å². The molecule has 2 N–H and O–H groups in total. The summed E-state index contributed by atoms with van der Waals surface area (Å²) in [4.78, 5) is 24.8. The van der Waals surface area contributed by atoms with Gasteiger partial charge in [0.15, 0.2) is 0 Å². The Hall–Kier alpha value is -1.10. The molecule has 1 saturated heterocycles. The Balaban J connectivity index is 2.30. The zero-order valence-electron chi connectivity index (χ0n) is 11.0. The van der Waals surface area contributed by atoms with E-state index in [-0.39, 0.29) is 23.8 Å². The van der Waals surface area contributed by atoms with E-state index in [9.17, 15) is 9.59 Å². The van der Waals surface area contributed by atoms with E-state index in [2.05, 4.69) is 10.6 Å². The second kappa shape index (κ2) is 6.59. The quantitative estimate of drug-likeness (QED) is 0.726. The molecular weight excluding hydrogens is 218 g/mol. The fraction of sp³-hybridized carbons (Fsp3) is 0.833. The highest BCUT2D eigenvalue weighted by molar-refractivity contribution is 5.79. The fourth-order valence-corrected chi connectivity index (χ4v) is 2.08. The highest BCUT2D eigenvalue weighted by Crippen LogP contribution is 2.11. The van der Waals surface area contributed by atoms with Crippen molar-refractivity contribution < 1.29 is 9.59 Å². The summed E-state index contributed by atoms with van der Waals surface area (Å²) in [5, 5.41) is 6.04. The van der Waals surface area contributed by atoms with E-state index in [1.165, 1.54) is 0 Å². The van der Waals surface area contributed by atoms with Crippen molar-refractivity contribution >= 4 is 11.8 Å². The summed E-state index contributed by atoms with van der Waals surface area (Å²) in [5.74, 6) is 0.213. The lowest BCUT2D eigenvalue weighted by atomic mass is 10.0. The largest absolute Gasteiger partial charge is 0.353 e. The third-order valence-electron chi connectivity index (χ3n) is 3.24. The molecule has 0 aromatic rings. The maximum absolute atomic E-state index is 11.8. The molecule has 1 aliphatic rings. The molecule has 0 saturated carbocycles. The summed E-state index contributed by atoms with van der Waals surface area (Å²) in [6, 6.07) is 0.220. The first kappa shape index (κ1) is 14.0. The van der Waals surface area contributed by atoms with Crippen LogP contribution in [-0.4, -0.2) is 49.4 Å². The number of nitrogens with one attached hydrogen (secondary N) is 2. The van der Waals surface area contributed by atoms with Crippen LogP contribution >= 0.6 is 0 Å². The molecule has 0 spiro atoms. The summed E-state index contributed by atoms with van der Waals surface area (Å²) < 4.78 is 0. The monoisotopic (exact) mass is 241 g/mol. The highest BCUT2D eigenvalue weighted by atomic mass is 16.2. The van der Waals surface area contributed by atoms with Gasteiger partial charge in [0.05, 0.1) is 0 Å². The molecule has 0 radical (unpaired) electrons. The highest BCUT2D eigenvalue weighted by Gasteiger charge is 2.23. The number of likely N-dealkylation sites (tertiary alicyclic amines) is 1. The molecule has 17 heavy (non-hydrogen) atoms. The lowest BCUT2D eigenvalue weighted by Crippen LogP contribution is -2.47. The molecule has 1 aliphatic heterocycles. The molecular formula is C12H23N3O2. The van der Waals surface area contributed by atoms with E-state index in [4.69, 9.17) is 0 Å². The van der Waals surface area contributed by atoms with Crippen molar-refractivity contribution in [3.63, 3.8) is 0 Å². The number of carbonyl (C=O) groups excluding carboxylic acids is 2. The molecule has 1 unspecified atom stereocenters. The molecule has 0 aromatic carbocycles. The number of amides is 2. The van der Waals surface area contributed by atoms with Crippen LogP contribution in [0.4, 0.5) is 0 Å². The average molecular weight is 241 g/mol. The number of piperidine rings is 1. The van der Waals surface area contributed by atoms with Gasteiger partial charge in [0, 0.05) is 38.5 Å². The lowest BCUT2D eigenvalue weighted by Gasteiger charge is -2.32. The maximum atomic E-state index is 11.8. The van der Waals surface area contributed by atoms with Gasteiger partial charge in [-0.15, -0.1) is 0 Å². The minimum atomic E-state index is -0.00848. The molecule has 1 heterocycles. The smallest absolute Gasteiger partial charge is 0.224 e. The van der Waals surface area contributed by atoms with Gasteiger partial charge in [-0.25, -0.2) is 0 Å². The number of hydrogen-bond donors (Lipinski definition) is 2. The Morgan fingerprint density at radius 1 is 1.35 bits per heavy atom. The van der Waals surface area contributed by atoms with Crippen LogP contribution in [0.25, 0.3) is 0 Å². The van der Waals surface area contributed by atoms with Crippen LogP contribution in [0.3, 0.4) is 0 Å². The molecule has 1 fully saturated rings. The summed E-state index contributed by atoms with van der Waals surface area (Å²) in [6.07, 6.45) is 1.72. The maximum Gasteiger partial charge on any atom is 0.224 e. The Morgan fingerprint density at radius 2 is 1.94 bits per heavy atom. The predicted octanol–water partition coefficient (Wildman–Crippen LogP) is -0.0310. The van der Waals surface area contributed by atoms with Crippen molar-refractivity contribution in [3.05, 3.63) is 0 Å². The zero-order valence-corrected chi connectivity index (χ0v) is 11.0. The van der Waals surface area contributed by atoms with E-state index in [0.717, 1.165) is 25.9 Å². The molecule has 98 valence electrons. The van der Waals surface area contributed by atoms with Crippen molar-refractivity contribution in [2.45, 2.75) is 32.7 Å². The summed E-state index contributed by atoms with van der Waals surface area (Å²) >= 11 is 0. The molecule has 1 atom stereocenters. The van der Waals surface area contributed by atoms with Crippen LogP contribution in [0.2, 0.25) is 0 Å². The second-order valence-corrected chi connectivity index (χ2v) is 4.75. The molecule has 2 amide bonds. The molecule has 5 nitrogen and oxygen atoms in total. The van der Waals surface area contributed by atoms with E-state index in [0.29, 0.717) is 6.54 Å². The van der Waals surface area contributed by atoms with Crippen molar-refractivity contribution in [3.8, 4) is 0 Å². The second-order valence-electron chi connectivity index (χ2n) is 4.75. The van der Waals surface area contributed by atoms with Crippen LogP contribution < -0.4 is 10.6 Å². The van der Waals surface area contributed by atoms with Crippen molar-refractivity contribution in [2.24, 2.45) is 5.92 Å². The standard InChI is InChI=1S/C12H23N3O2/c1-9(8-13-3)12(17)14-11-4-6-15(7-5-11)10(2)16/h9,11,13H,4-8H2,1-3H3,(H,14,17). The topological polar surface area (TPSA) is 61.4 Å². The minimum Gasteiger partial charge on any atom is -0.353 e. The molecule has 0 aromatic heterocycles. The van der Waals surface area contributed by atoms with Crippen LogP contribution in [0, 0.1) is 5.92 Å². The van der Waals surface area contributed by atoms with Crippen molar-refractivity contribution in [1.82, 2.24) is 15.5 Å². The number of rotatable bonds is 4. The van der Waals surface area contributed by atoms with Gasteiger partial charge < -0.3 is 15.5 Å². The normalized spacial score (nSPS) is 18.9. The summed E-state index contributed by atoms with van der Waals surface area (Å²) in [7, 11) is 1.84. The number of nitrogens with zero attached hydrogens (tertiary/aromatic N) is 1. The summed E-state index contributed by atoms with van der Waals surface area (Å²) in [6.45, 7) is 5.70. The van der Waals surface area contributed by atoms with E-state index in [1.54, 1.807) is 6.92 Å². The molecule has 1 rings (SSSR count). The Bertz CT molecular complexity index is 273. The van der Waals surface area contributed by atoms with Gasteiger partial charge in [0.2, 0.25) is 11.8 Å². The Morgan fingerprint density at radius 3 is 2.41 bits per heavy atom. The van der Waals surface area contributed by atoms with Crippen LogP contribution in [0.15, 0.2) is 0 Å². The predicted molar refractivity (Wildman–Crippen MR) is 66.5 cm³/mol. The molecule has 5 heteroatoms. The number of carbonyl (C=O) groups is 2. The van der Waals surface area contributed by atoms with Gasteiger partial charge >= 0.3 is 0 Å². The number of hydrogen-bond acceptors (Lipinski definition) is 3. The first-order chi connectivity index (χ1) is 8.04. The van der Waals surface area contributed by atoms with Crippen LogP contribution in [0.5, 0.6) is 0 Å². The summed E-state index contributed by atoms with van der Waals surface area (Å²) in [5.41, 5.74) is 0. The third-order valence-corrected chi connectivity index (χ3v) is 3.24. The molecule has 0 aliphatic carbocycles. The van der Waals surface area contributed by atoms with Crippen LogP contribution in [-0.2, 0) is 9.59 Å². The first-order valence-electron chi connectivity index (χ1n) is 6.25. The van der Waals surface area contributed by atoms with E-state index >= 15 is 0 Å². The van der Waals surface area contributed by atoms with Crippen molar-refractivity contribution in [1.29, 1.82) is 0 Å². The Labute approximate surface area is 103 Å². The first-order valence-corrected chi connectivity index (χ1v) is 6.25. The van der Waals surface area contributed by atoms with Gasteiger partial charge in [-0.2, -0.15) is 0 Å². The Kier molecular flexibility index (Phi) is 5.41.